The topological polar surface area (TPSA) is 73.9 Å². The van der Waals surface area contributed by atoms with Crippen molar-refractivity contribution in [1.29, 1.82) is 0 Å². The molecule has 0 spiro atoms. The summed E-state index contributed by atoms with van der Waals surface area (Å²) in [6, 6.07) is 18.3. The highest BCUT2D eigenvalue weighted by atomic mass is 35.5. The number of nitrogens with zero attached hydrogens (tertiary/aromatic N) is 2. The second-order valence-corrected chi connectivity index (χ2v) is 9.52. The zero-order valence-corrected chi connectivity index (χ0v) is 22.4. The number of amides is 2. The quantitative estimate of drug-likeness (QED) is 0.383. The molecule has 0 unspecified atom stereocenters. The molecule has 1 fully saturated rings. The van der Waals surface area contributed by atoms with Crippen LogP contribution in [0.15, 0.2) is 66.7 Å². The molecule has 10 heteroatoms. The molecule has 7 nitrogen and oxygen atoms in total. The molecule has 4 rings (SSSR count). The van der Waals surface area contributed by atoms with Crippen molar-refractivity contribution in [3.05, 3.63) is 88.7 Å². The molecule has 1 aliphatic rings. The van der Waals surface area contributed by atoms with Gasteiger partial charge in [-0.1, -0.05) is 30.7 Å². The molecule has 2 amide bonds. The number of rotatable bonds is 7. The predicted octanol–water partition coefficient (Wildman–Crippen LogP) is 5.36. The lowest BCUT2D eigenvalue weighted by Crippen LogP contribution is -2.48. The number of benzene rings is 3. The van der Waals surface area contributed by atoms with Gasteiger partial charge in [-0.2, -0.15) is 0 Å². The van der Waals surface area contributed by atoms with E-state index < -0.39 is 11.7 Å². The number of ether oxygens (including phenoxy) is 1. The van der Waals surface area contributed by atoms with Crippen LogP contribution in [0.1, 0.15) is 34.1 Å². The number of carbonyl (C=O) groups excluding carboxylic acids is 2. The molecule has 2 N–H and O–H groups in total. The molecular formula is C28H28ClFN4O3S. The zero-order valence-electron chi connectivity index (χ0n) is 20.9. The van der Waals surface area contributed by atoms with E-state index in [0.29, 0.717) is 49.1 Å². The highest BCUT2D eigenvalue weighted by molar-refractivity contribution is 7.80. The van der Waals surface area contributed by atoms with Gasteiger partial charge in [0, 0.05) is 37.4 Å². The maximum absolute atomic E-state index is 13.8. The van der Waals surface area contributed by atoms with Crippen LogP contribution in [-0.4, -0.2) is 54.6 Å². The van der Waals surface area contributed by atoms with Crippen molar-refractivity contribution in [3.8, 4) is 5.75 Å². The van der Waals surface area contributed by atoms with Gasteiger partial charge in [0.2, 0.25) is 0 Å². The SMILES string of the molecule is CCCOc1ccc(C(=O)N2CCN(c3ccc(NC(=S)NC(=O)c4ccccc4F)cc3Cl)CC2)cc1. The minimum absolute atomic E-state index is 0.0109. The standard InChI is InChI=1S/C28H28ClFN4O3S/c1-2-17-37-21-10-7-19(8-11-21)27(36)34-15-13-33(14-16-34)25-12-9-20(18-23(25)29)31-28(38)32-26(35)22-5-3-4-6-24(22)30/h3-12,18H,2,13-17H2,1H3,(H2,31,32,35,38). The number of hydrogen-bond acceptors (Lipinski definition) is 5. The van der Waals surface area contributed by atoms with E-state index in [9.17, 15) is 14.0 Å². The minimum Gasteiger partial charge on any atom is -0.494 e. The van der Waals surface area contributed by atoms with Crippen molar-refractivity contribution in [1.82, 2.24) is 10.2 Å². The average molecular weight is 555 g/mol. The van der Waals surface area contributed by atoms with Gasteiger partial charge in [-0.15, -0.1) is 0 Å². The molecule has 0 bridgehead atoms. The van der Waals surface area contributed by atoms with Crippen LogP contribution in [0, 0.1) is 5.82 Å². The summed E-state index contributed by atoms with van der Waals surface area (Å²) < 4.78 is 19.4. The van der Waals surface area contributed by atoms with Crippen molar-refractivity contribution in [3.63, 3.8) is 0 Å². The van der Waals surface area contributed by atoms with E-state index in [4.69, 9.17) is 28.6 Å². The maximum Gasteiger partial charge on any atom is 0.260 e. The van der Waals surface area contributed by atoms with Crippen molar-refractivity contribution >= 4 is 52.1 Å². The molecule has 38 heavy (non-hydrogen) atoms. The summed E-state index contributed by atoms with van der Waals surface area (Å²) >= 11 is 11.8. The Balaban J connectivity index is 1.30. The Kier molecular flexibility index (Phi) is 9.15. The first kappa shape index (κ1) is 27.3. The van der Waals surface area contributed by atoms with Gasteiger partial charge >= 0.3 is 0 Å². The lowest BCUT2D eigenvalue weighted by molar-refractivity contribution is 0.0746. The second kappa shape index (κ2) is 12.7. The number of thiocarbonyl (C=S) groups is 1. The van der Waals surface area contributed by atoms with Crippen molar-refractivity contribution in [2.24, 2.45) is 0 Å². The van der Waals surface area contributed by atoms with Crippen molar-refractivity contribution < 1.29 is 18.7 Å². The van der Waals surface area contributed by atoms with E-state index in [1.807, 2.05) is 30.0 Å². The lowest BCUT2D eigenvalue weighted by atomic mass is 10.1. The number of carbonyl (C=O) groups is 2. The molecule has 3 aromatic carbocycles. The molecule has 3 aromatic rings. The largest absolute Gasteiger partial charge is 0.494 e. The highest BCUT2D eigenvalue weighted by Crippen LogP contribution is 2.30. The summed E-state index contributed by atoms with van der Waals surface area (Å²) in [7, 11) is 0. The van der Waals surface area contributed by atoms with Crippen LogP contribution in [0.2, 0.25) is 5.02 Å². The Morgan fingerprint density at radius 3 is 2.39 bits per heavy atom. The highest BCUT2D eigenvalue weighted by Gasteiger charge is 2.23. The normalized spacial score (nSPS) is 13.1. The van der Waals surface area contributed by atoms with Gasteiger partial charge in [-0.05, 0) is 73.2 Å². The molecule has 1 heterocycles. The van der Waals surface area contributed by atoms with E-state index in [1.165, 1.54) is 18.2 Å². The first-order valence-corrected chi connectivity index (χ1v) is 13.1. The third kappa shape index (κ3) is 6.79. The smallest absolute Gasteiger partial charge is 0.260 e. The monoisotopic (exact) mass is 554 g/mol. The minimum atomic E-state index is -0.642. The van der Waals surface area contributed by atoms with Gasteiger partial charge in [0.05, 0.1) is 22.9 Å². The Bertz CT molecular complexity index is 1310. The van der Waals surface area contributed by atoms with E-state index in [1.54, 1.807) is 30.3 Å². The van der Waals surface area contributed by atoms with Gasteiger partial charge < -0.3 is 19.9 Å². The molecule has 198 valence electrons. The Morgan fingerprint density at radius 1 is 1.03 bits per heavy atom. The number of hydrogen-bond donors (Lipinski definition) is 2. The summed E-state index contributed by atoms with van der Waals surface area (Å²) in [4.78, 5) is 29.2. The fraction of sp³-hybridized carbons (Fsp3) is 0.250. The molecule has 1 aliphatic heterocycles. The Labute approximate surface area is 231 Å². The van der Waals surface area contributed by atoms with Crippen LogP contribution in [0.3, 0.4) is 0 Å². The van der Waals surface area contributed by atoms with E-state index >= 15 is 0 Å². The molecule has 0 aromatic heterocycles. The zero-order chi connectivity index (χ0) is 27.1. The van der Waals surface area contributed by atoms with Crippen LogP contribution in [0.25, 0.3) is 0 Å². The summed E-state index contributed by atoms with van der Waals surface area (Å²) in [6.45, 7) is 5.09. The van der Waals surface area contributed by atoms with Gasteiger partial charge in [-0.25, -0.2) is 4.39 Å². The number of nitrogens with one attached hydrogen (secondary N) is 2. The fourth-order valence-corrected chi connectivity index (χ4v) is 4.58. The number of piperazine rings is 1. The predicted molar refractivity (Wildman–Crippen MR) is 152 cm³/mol. The Morgan fingerprint density at radius 2 is 1.74 bits per heavy atom. The van der Waals surface area contributed by atoms with Crippen LogP contribution >= 0.6 is 23.8 Å². The summed E-state index contributed by atoms with van der Waals surface area (Å²) in [5.74, 6) is -0.522. The van der Waals surface area contributed by atoms with Crippen LogP contribution in [-0.2, 0) is 0 Å². The molecule has 0 radical (unpaired) electrons. The van der Waals surface area contributed by atoms with Gasteiger partial charge in [-0.3, -0.25) is 14.9 Å². The third-order valence-electron chi connectivity index (χ3n) is 6.03. The second-order valence-electron chi connectivity index (χ2n) is 8.71. The molecule has 0 atom stereocenters. The lowest BCUT2D eigenvalue weighted by Gasteiger charge is -2.36. The molecule has 0 aliphatic carbocycles. The molecule has 0 saturated carbocycles. The van der Waals surface area contributed by atoms with Crippen molar-refractivity contribution in [2.75, 3.05) is 43.0 Å². The van der Waals surface area contributed by atoms with E-state index in [2.05, 4.69) is 15.5 Å². The van der Waals surface area contributed by atoms with E-state index in [0.717, 1.165) is 17.9 Å². The van der Waals surface area contributed by atoms with Crippen LogP contribution in [0.5, 0.6) is 5.75 Å². The fourth-order valence-electron chi connectivity index (χ4n) is 4.07. The van der Waals surface area contributed by atoms with E-state index in [-0.39, 0.29) is 16.6 Å². The van der Waals surface area contributed by atoms with Gasteiger partial charge in [0.1, 0.15) is 11.6 Å². The summed E-state index contributed by atoms with van der Waals surface area (Å²) in [5, 5.41) is 5.90. The van der Waals surface area contributed by atoms with Crippen LogP contribution in [0.4, 0.5) is 15.8 Å². The molecule has 1 saturated heterocycles. The first-order chi connectivity index (χ1) is 18.4. The van der Waals surface area contributed by atoms with Crippen molar-refractivity contribution in [2.45, 2.75) is 13.3 Å². The first-order valence-electron chi connectivity index (χ1n) is 12.3. The number of halogens is 2. The summed E-state index contributed by atoms with van der Waals surface area (Å²) in [6.07, 6.45) is 0.928. The summed E-state index contributed by atoms with van der Waals surface area (Å²) in [5.41, 5.74) is 1.95. The molecular weight excluding hydrogens is 527 g/mol. The maximum atomic E-state index is 13.8. The van der Waals surface area contributed by atoms with Gasteiger partial charge in [0.25, 0.3) is 11.8 Å². The van der Waals surface area contributed by atoms with Crippen LogP contribution < -0.4 is 20.3 Å². The third-order valence-corrected chi connectivity index (χ3v) is 6.54. The Hall–Kier alpha value is -3.69. The number of anilines is 2. The van der Waals surface area contributed by atoms with Gasteiger partial charge in [0.15, 0.2) is 5.11 Å². The average Bonchev–Trinajstić information content (AvgIpc) is 2.92.